The highest BCUT2D eigenvalue weighted by Crippen LogP contribution is 2.40. The van der Waals surface area contributed by atoms with E-state index in [1.54, 1.807) is 26.3 Å². The fraction of sp³-hybridized carbons (Fsp3) is 0.545. The van der Waals surface area contributed by atoms with Gasteiger partial charge in [0, 0.05) is 44.5 Å². The molecule has 176 valence electrons. The molecule has 1 saturated heterocycles. The van der Waals surface area contributed by atoms with E-state index in [-0.39, 0.29) is 10.6 Å². The lowest BCUT2D eigenvalue weighted by atomic mass is 10.1. The fourth-order valence-electron chi connectivity index (χ4n) is 2.59. The highest BCUT2D eigenvalue weighted by atomic mass is 16.6. The van der Waals surface area contributed by atoms with Crippen molar-refractivity contribution in [2.75, 3.05) is 51.6 Å². The Balaban J connectivity index is 0. The molecule has 1 aliphatic rings. The molecule has 0 bridgehead atoms. The number of guanidine groups is 1. The summed E-state index contributed by atoms with van der Waals surface area (Å²) < 4.78 is 5.41. The molecule has 31 heavy (non-hydrogen) atoms. The van der Waals surface area contributed by atoms with Crippen molar-refractivity contribution >= 4 is 29.2 Å². The van der Waals surface area contributed by atoms with E-state index in [1.165, 1.54) is 13.2 Å². The molecule has 1 N–H and O–H groups in total. The van der Waals surface area contributed by atoms with E-state index < -0.39 is 0 Å². The quantitative estimate of drug-likeness (QED) is 0.236. The molecule has 1 heterocycles. The van der Waals surface area contributed by atoms with Crippen LogP contribution in [0.3, 0.4) is 0 Å². The molecule has 2 rings (SSSR count). The van der Waals surface area contributed by atoms with Gasteiger partial charge in [0.05, 0.1) is 17.7 Å². The molecule has 0 saturated carbocycles. The van der Waals surface area contributed by atoms with E-state index >= 15 is 0 Å². The molecule has 1 fully saturated rings. The smallest absolute Gasteiger partial charge is 0.294 e. The van der Waals surface area contributed by atoms with Crippen LogP contribution in [0.1, 0.15) is 34.6 Å². The molecule has 0 radical (unpaired) electrons. The first kappa shape index (κ1) is 30.3. The first-order chi connectivity index (χ1) is 14.9. The molecular weight excluding hydrogens is 396 g/mol. The number of likely N-dealkylation sites (N-methyl/N-ethyl adjacent to an activating group) is 1. The van der Waals surface area contributed by atoms with Gasteiger partial charge in [-0.25, -0.2) is 4.99 Å². The van der Waals surface area contributed by atoms with Crippen molar-refractivity contribution in [1.82, 2.24) is 4.90 Å². The fourth-order valence-corrected chi connectivity index (χ4v) is 2.59. The molecule has 9 nitrogen and oxygen atoms in total. The van der Waals surface area contributed by atoms with Gasteiger partial charge in [-0.05, 0) is 21.0 Å². The van der Waals surface area contributed by atoms with Crippen LogP contribution in [0.5, 0.6) is 5.75 Å². The minimum Gasteiger partial charge on any atom is -0.494 e. The second-order valence-corrected chi connectivity index (χ2v) is 5.88. The summed E-state index contributed by atoms with van der Waals surface area (Å²) in [6.07, 6.45) is 1.59. The minimum atomic E-state index is -0.380. The Labute approximate surface area is 187 Å². The lowest BCUT2D eigenvalue weighted by Gasteiger charge is -2.44. The molecule has 1 aromatic carbocycles. The molecule has 0 spiro atoms. The maximum absolute atomic E-state index is 11.6. The highest BCUT2D eigenvalue weighted by molar-refractivity contribution is 5.99. The van der Waals surface area contributed by atoms with Crippen molar-refractivity contribution in [1.29, 1.82) is 0 Å². The van der Waals surface area contributed by atoms with E-state index in [0.717, 1.165) is 13.1 Å². The first-order valence-corrected chi connectivity index (χ1v) is 10.4. The number of hydrogen-bond donors (Lipinski definition) is 1. The third-order valence-corrected chi connectivity index (χ3v) is 4.14. The second-order valence-electron chi connectivity index (χ2n) is 5.88. The topological polar surface area (TPSA) is 95.6 Å². The zero-order chi connectivity index (χ0) is 24.6. The van der Waals surface area contributed by atoms with Gasteiger partial charge in [0.25, 0.3) is 5.69 Å². The first-order valence-electron chi connectivity index (χ1n) is 10.4. The standard InChI is InChI=1S/C16H24N6O3.2C2H6.C2H4/c1-6-18-16(17-2)19-12-7-14(22(23)24)13(8-15(12)25-5)21-9-11(10-21)20(3)4;3*1-2/h6-8,11H,9-10H2,1-5H3,(H,17,19);2*1-2H3;1-2H2/b18-6-;;;. The van der Waals surface area contributed by atoms with Gasteiger partial charge in [-0.1, -0.05) is 27.7 Å². The van der Waals surface area contributed by atoms with E-state index in [9.17, 15) is 10.1 Å². The number of methoxy groups -OCH3 is 1. The van der Waals surface area contributed by atoms with E-state index in [1.807, 2.05) is 46.7 Å². The number of anilines is 2. The lowest BCUT2D eigenvalue weighted by Crippen LogP contribution is -2.57. The summed E-state index contributed by atoms with van der Waals surface area (Å²) >= 11 is 0. The Morgan fingerprint density at radius 3 is 2.23 bits per heavy atom. The van der Waals surface area contributed by atoms with E-state index in [0.29, 0.717) is 29.1 Å². The van der Waals surface area contributed by atoms with Crippen LogP contribution in [-0.4, -0.2) is 69.4 Å². The SMILES string of the molecule is C/C=N\C(=NC)Nc1cc([N+](=O)[O-])c(N2CC(N(C)C)C2)cc1OC.C=C.CC.CC. The molecule has 0 aromatic heterocycles. The number of nitro benzene ring substituents is 1. The predicted octanol–water partition coefficient (Wildman–Crippen LogP) is 4.70. The van der Waals surface area contributed by atoms with Crippen LogP contribution in [0.2, 0.25) is 0 Å². The number of aliphatic imine (C=N–C) groups is 2. The summed E-state index contributed by atoms with van der Waals surface area (Å²) in [7, 11) is 7.13. The maximum Gasteiger partial charge on any atom is 0.294 e. The summed E-state index contributed by atoms with van der Waals surface area (Å²) in [5, 5.41) is 14.5. The summed E-state index contributed by atoms with van der Waals surface area (Å²) in [5.74, 6) is 0.848. The third kappa shape index (κ3) is 8.75. The number of nitrogens with one attached hydrogen (secondary N) is 1. The van der Waals surface area contributed by atoms with Crippen molar-refractivity contribution in [2.24, 2.45) is 9.98 Å². The van der Waals surface area contributed by atoms with Gasteiger partial charge >= 0.3 is 0 Å². The van der Waals surface area contributed by atoms with Crippen LogP contribution in [0.25, 0.3) is 0 Å². The monoisotopic (exact) mass is 436 g/mol. The van der Waals surface area contributed by atoms with Gasteiger partial charge in [0.1, 0.15) is 11.4 Å². The number of benzene rings is 1. The van der Waals surface area contributed by atoms with Gasteiger partial charge in [-0.3, -0.25) is 15.1 Å². The van der Waals surface area contributed by atoms with Crippen molar-refractivity contribution in [2.45, 2.75) is 40.7 Å². The van der Waals surface area contributed by atoms with Crippen LogP contribution in [0.15, 0.2) is 35.3 Å². The van der Waals surface area contributed by atoms with E-state index in [4.69, 9.17) is 4.74 Å². The second kappa shape index (κ2) is 16.8. The van der Waals surface area contributed by atoms with Crippen LogP contribution >= 0.6 is 0 Å². The summed E-state index contributed by atoms with van der Waals surface area (Å²) in [6.45, 7) is 17.2. The van der Waals surface area contributed by atoms with Crippen LogP contribution in [0, 0.1) is 10.1 Å². The van der Waals surface area contributed by atoms with Gasteiger partial charge < -0.3 is 19.9 Å². The summed E-state index contributed by atoms with van der Waals surface area (Å²) in [5.41, 5.74) is 1.03. The van der Waals surface area contributed by atoms with Gasteiger partial charge in [-0.2, -0.15) is 0 Å². The predicted molar refractivity (Wildman–Crippen MR) is 134 cm³/mol. The Morgan fingerprint density at radius 1 is 1.29 bits per heavy atom. The van der Waals surface area contributed by atoms with Crippen molar-refractivity contribution in [3.8, 4) is 5.75 Å². The van der Waals surface area contributed by atoms with Crippen molar-refractivity contribution in [3.63, 3.8) is 0 Å². The molecule has 0 unspecified atom stereocenters. The largest absolute Gasteiger partial charge is 0.494 e. The minimum absolute atomic E-state index is 0.0245. The highest BCUT2D eigenvalue weighted by Gasteiger charge is 2.33. The molecule has 0 atom stereocenters. The van der Waals surface area contributed by atoms with Crippen molar-refractivity contribution < 1.29 is 9.66 Å². The van der Waals surface area contributed by atoms with Crippen LogP contribution < -0.4 is 15.0 Å². The zero-order valence-electron chi connectivity index (χ0n) is 20.6. The van der Waals surface area contributed by atoms with Gasteiger partial charge in [-0.15, -0.1) is 13.2 Å². The Morgan fingerprint density at radius 2 is 1.84 bits per heavy atom. The number of rotatable bonds is 5. The molecule has 1 aliphatic heterocycles. The molecule has 0 amide bonds. The number of ether oxygens (including phenoxy) is 1. The van der Waals surface area contributed by atoms with Gasteiger partial charge in [0.15, 0.2) is 0 Å². The number of nitrogens with zero attached hydrogens (tertiary/aromatic N) is 5. The summed E-state index contributed by atoms with van der Waals surface area (Å²) in [4.78, 5) is 23.3. The van der Waals surface area contributed by atoms with E-state index in [2.05, 4.69) is 33.4 Å². The normalized spacial score (nSPS) is 13.1. The maximum atomic E-state index is 11.6. The van der Waals surface area contributed by atoms with Crippen molar-refractivity contribution in [3.05, 3.63) is 35.4 Å². The Kier molecular flexibility index (Phi) is 16.4. The molecule has 9 heteroatoms. The zero-order valence-corrected chi connectivity index (χ0v) is 20.6. The average Bonchev–Trinajstić information content (AvgIpc) is 2.76. The number of hydrogen-bond acceptors (Lipinski definition) is 6. The molecule has 1 aromatic rings. The molecule has 0 aliphatic carbocycles. The van der Waals surface area contributed by atoms with Crippen LogP contribution in [-0.2, 0) is 0 Å². The lowest BCUT2D eigenvalue weighted by molar-refractivity contribution is -0.384. The molecular formula is C22H40N6O3. The van der Waals surface area contributed by atoms with Crippen LogP contribution in [0.4, 0.5) is 17.1 Å². The average molecular weight is 437 g/mol. The summed E-state index contributed by atoms with van der Waals surface area (Å²) in [6, 6.07) is 3.55. The Hall–Kier alpha value is -2.94. The van der Waals surface area contributed by atoms with Gasteiger partial charge in [0.2, 0.25) is 5.96 Å². The Bertz CT molecular complexity index is 713. The third-order valence-electron chi connectivity index (χ3n) is 4.14. The number of nitro groups is 1.